The zero-order chi connectivity index (χ0) is 22.5. The van der Waals surface area contributed by atoms with Gasteiger partial charge in [0.1, 0.15) is 16.4 Å². The first-order valence-corrected chi connectivity index (χ1v) is 12.7. The Labute approximate surface area is 201 Å². The van der Waals surface area contributed by atoms with E-state index in [0.717, 1.165) is 30.2 Å². The molecule has 0 aliphatic heterocycles. The molecule has 0 amide bonds. The highest BCUT2D eigenvalue weighted by atomic mass is 35.5. The lowest BCUT2D eigenvalue weighted by Crippen LogP contribution is -2.33. The molecule has 8 heteroatoms. The van der Waals surface area contributed by atoms with Gasteiger partial charge in [-0.1, -0.05) is 46.4 Å². The smallest absolute Gasteiger partial charge is 0.262 e. The van der Waals surface area contributed by atoms with E-state index in [-0.39, 0.29) is 0 Å². The highest BCUT2D eigenvalue weighted by molar-refractivity contribution is 7.19. The second-order valence-corrected chi connectivity index (χ2v) is 9.46. The topological polar surface area (TPSA) is 44.7 Å². The van der Waals surface area contributed by atoms with Crippen molar-refractivity contribution >= 4 is 73.1 Å². The summed E-state index contributed by atoms with van der Waals surface area (Å²) >= 11 is 9.57. The minimum atomic E-state index is 0.446. The van der Waals surface area contributed by atoms with Crippen LogP contribution in [0.2, 0.25) is 5.15 Å². The molecule has 0 aliphatic carbocycles. The standard InChI is InChI=1S/C24H25ClN5S2/c1-4-29(5-2)18-13-11-17(12-14-18)27-28-24-26-23(25)21(32-24)15-16-22-30(6-3)19-9-7-8-10-20(19)31-22/h7-16H,4-6H2,1-3H3/q+1. The maximum atomic E-state index is 6.37. The Kier molecular flexibility index (Phi) is 7.29. The van der Waals surface area contributed by atoms with Gasteiger partial charge in [-0.15, -0.1) is 10.2 Å². The molecule has 2 heterocycles. The monoisotopic (exact) mass is 482 g/mol. The maximum absolute atomic E-state index is 6.37. The normalized spacial score (nSPS) is 11.9. The van der Waals surface area contributed by atoms with Crippen LogP contribution in [0.1, 0.15) is 30.7 Å². The van der Waals surface area contributed by atoms with Crippen LogP contribution in [-0.4, -0.2) is 18.1 Å². The molecule has 4 aromatic rings. The molecule has 0 saturated heterocycles. The van der Waals surface area contributed by atoms with Crippen LogP contribution in [-0.2, 0) is 6.54 Å². The number of benzene rings is 2. The van der Waals surface area contributed by atoms with Crippen molar-refractivity contribution in [3.8, 4) is 0 Å². The number of thiazole rings is 2. The quantitative estimate of drug-likeness (QED) is 0.190. The Morgan fingerprint density at radius 2 is 1.72 bits per heavy atom. The molecule has 0 bridgehead atoms. The summed E-state index contributed by atoms with van der Waals surface area (Å²) in [7, 11) is 0. The lowest BCUT2D eigenvalue weighted by Gasteiger charge is -2.20. The van der Waals surface area contributed by atoms with Gasteiger partial charge in [-0.05, 0) is 57.2 Å². The molecule has 2 aromatic carbocycles. The third kappa shape index (κ3) is 4.90. The molecule has 0 radical (unpaired) electrons. The van der Waals surface area contributed by atoms with E-state index in [1.165, 1.54) is 32.2 Å². The van der Waals surface area contributed by atoms with Crippen molar-refractivity contribution in [2.75, 3.05) is 18.0 Å². The average Bonchev–Trinajstić information content (AvgIpc) is 3.36. The Bertz CT molecular complexity index is 1250. The summed E-state index contributed by atoms with van der Waals surface area (Å²) in [6.45, 7) is 9.32. The zero-order valence-electron chi connectivity index (χ0n) is 18.3. The molecule has 32 heavy (non-hydrogen) atoms. The number of para-hydroxylation sites is 1. The molecule has 0 spiro atoms. The molecule has 0 unspecified atom stereocenters. The van der Waals surface area contributed by atoms with Crippen molar-refractivity contribution in [3.05, 3.63) is 63.6 Å². The molecule has 0 atom stereocenters. The third-order valence-corrected chi connectivity index (χ3v) is 7.59. The predicted octanol–water partition coefficient (Wildman–Crippen LogP) is 7.75. The third-order valence-electron chi connectivity index (χ3n) is 5.16. The fraction of sp³-hybridized carbons (Fsp3) is 0.250. The second-order valence-electron chi connectivity index (χ2n) is 7.03. The van der Waals surface area contributed by atoms with Crippen LogP contribution in [0.25, 0.3) is 22.4 Å². The fourth-order valence-electron chi connectivity index (χ4n) is 3.52. The molecule has 2 aromatic heterocycles. The number of aryl methyl sites for hydroxylation is 1. The minimum absolute atomic E-state index is 0.446. The summed E-state index contributed by atoms with van der Waals surface area (Å²) < 4.78 is 3.57. The molecule has 0 fully saturated rings. The highest BCUT2D eigenvalue weighted by Gasteiger charge is 2.16. The van der Waals surface area contributed by atoms with Crippen molar-refractivity contribution in [3.63, 3.8) is 0 Å². The first kappa shape index (κ1) is 22.6. The first-order chi connectivity index (χ1) is 15.6. The molecule has 0 saturated carbocycles. The van der Waals surface area contributed by atoms with Gasteiger partial charge in [0.05, 0.1) is 10.6 Å². The summed E-state index contributed by atoms with van der Waals surface area (Å²) in [6, 6.07) is 16.5. The summed E-state index contributed by atoms with van der Waals surface area (Å²) in [4.78, 5) is 7.52. The number of halogens is 1. The Morgan fingerprint density at radius 3 is 2.44 bits per heavy atom. The van der Waals surface area contributed by atoms with Crippen molar-refractivity contribution in [2.45, 2.75) is 27.3 Å². The van der Waals surface area contributed by atoms with Crippen molar-refractivity contribution in [1.82, 2.24) is 4.98 Å². The van der Waals surface area contributed by atoms with Gasteiger partial charge in [0.25, 0.3) is 5.01 Å². The Hall–Kier alpha value is -2.61. The van der Waals surface area contributed by atoms with E-state index in [4.69, 9.17) is 11.6 Å². The molecule has 5 nitrogen and oxygen atoms in total. The van der Waals surface area contributed by atoms with E-state index in [2.05, 4.69) is 87.9 Å². The van der Waals surface area contributed by atoms with E-state index < -0.39 is 0 Å². The van der Waals surface area contributed by atoms with Crippen LogP contribution < -0.4 is 9.47 Å². The van der Waals surface area contributed by atoms with Crippen LogP contribution in [0.5, 0.6) is 0 Å². The van der Waals surface area contributed by atoms with Crippen molar-refractivity contribution in [2.24, 2.45) is 10.2 Å². The molecule has 0 N–H and O–H groups in total. The molecule has 4 rings (SSSR count). The van der Waals surface area contributed by atoms with Crippen LogP contribution in [0.3, 0.4) is 0 Å². The SMILES string of the molecule is CCN(CC)c1ccc(N=Nc2nc(Cl)c(/C=C/c3sc4ccccc4[n+]3CC)s2)cc1. The van der Waals surface area contributed by atoms with Gasteiger partial charge in [-0.2, -0.15) is 4.57 Å². The minimum Gasteiger partial charge on any atom is -0.372 e. The van der Waals surface area contributed by atoms with Crippen LogP contribution >= 0.6 is 34.3 Å². The summed E-state index contributed by atoms with van der Waals surface area (Å²) in [5.41, 5.74) is 3.22. The Balaban J connectivity index is 1.51. The second kappa shape index (κ2) is 10.3. The number of anilines is 1. The van der Waals surface area contributed by atoms with E-state index >= 15 is 0 Å². The van der Waals surface area contributed by atoms with Crippen LogP contribution in [0, 0.1) is 0 Å². The van der Waals surface area contributed by atoms with Gasteiger partial charge in [0.15, 0.2) is 0 Å². The molecule has 164 valence electrons. The van der Waals surface area contributed by atoms with E-state index in [9.17, 15) is 0 Å². The predicted molar refractivity (Wildman–Crippen MR) is 138 cm³/mol. The largest absolute Gasteiger partial charge is 0.372 e. The van der Waals surface area contributed by atoms with Crippen LogP contribution in [0.15, 0.2) is 58.8 Å². The number of azo groups is 1. The number of fused-ring (bicyclic) bond motifs is 1. The Morgan fingerprint density at radius 1 is 0.969 bits per heavy atom. The van der Waals surface area contributed by atoms with Crippen molar-refractivity contribution < 1.29 is 4.57 Å². The summed E-state index contributed by atoms with van der Waals surface area (Å²) in [5.74, 6) is 0. The number of nitrogens with zero attached hydrogens (tertiary/aromatic N) is 5. The van der Waals surface area contributed by atoms with Gasteiger partial charge < -0.3 is 4.90 Å². The fourth-order valence-corrected chi connectivity index (χ4v) is 5.64. The number of hydrogen-bond donors (Lipinski definition) is 0. The summed E-state index contributed by atoms with van der Waals surface area (Å²) in [6.07, 6.45) is 4.11. The average molecular weight is 483 g/mol. The maximum Gasteiger partial charge on any atom is 0.262 e. The molecule has 0 aliphatic rings. The molecular weight excluding hydrogens is 458 g/mol. The van der Waals surface area contributed by atoms with Crippen molar-refractivity contribution in [1.29, 1.82) is 0 Å². The van der Waals surface area contributed by atoms with E-state index in [0.29, 0.717) is 10.3 Å². The number of rotatable bonds is 8. The first-order valence-electron chi connectivity index (χ1n) is 10.7. The lowest BCUT2D eigenvalue weighted by molar-refractivity contribution is -0.665. The van der Waals surface area contributed by atoms with Gasteiger partial charge in [0, 0.05) is 30.9 Å². The van der Waals surface area contributed by atoms with Gasteiger partial charge in [-0.25, -0.2) is 4.98 Å². The lowest BCUT2D eigenvalue weighted by atomic mass is 10.2. The summed E-state index contributed by atoms with van der Waals surface area (Å²) in [5, 5.41) is 10.8. The molecular formula is C24H25ClN5S2+. The van der Waals surface area contributed by atoms with E-state index in [1.54, 1.807) is 11.3 Å². The van der Waals surface area contributed by atoms with Gasteiger partial charge in [-0.3, -0.25) is 0 Å². The van der Waals surface area contributed by atoms with Gasteiger partial charge >= 0.3 is 0 Å². The number of aromatic nitrogens is 2. The number of hydrogen-bond acceptors (Lipinski definition) is 6. The van der Waals surface area contributed by atoms with Gasteiger partial charge in [0.2, 0.25) is 10.6 Å². The van der Waals surface area contributed by atoms with E-state index in [1.807, 2.05) is 18.2 Å². The highest BCUT2D eigenvalue weighted by Crippen LogP contribution is 2.32. The van der Waals surface area contributed by atoms with Crippen LogP contribution in [0.4, 0.5) is 16.5 Å². The zero-order valence-corrected chi connectivity index (χ0v) is 20.7.